The Bertz CT molecular complexity index is 864. The summed E-state index contributed by atoms with van der Waals surface area (Å²) in [6.07, 6.45) is 0. The first-order valence-electron chi connectivity index (χ1n) is 10.4. The highest BCUT2D eigenvalue weighted by atomic mass is 35.5. The number of halogens is 1. The van der Waals surface area contributed by atoms with Crippen LogP contribution in [0.25, 0.3) is 0 Å². The highest BCUT2D eigenvalue weighted by Gasteiger charge is 2.19. The molecule has 30 heavy (non-hydrogen) atoms. The molecule has 2 amide bonds. The minimum Gasteiger partial charge on any atom is -0.340 e. The van der Waals surface area contributed by atoms with Crippen molar-refractivity contribution in [3.8, 4) is 0 Å². The number of nitrogens with zero attached hydrogens (tertiary/aromatic N) is 2. The van der Waals surface area contributed by atoms with Crippen molar-refractivity contribution in [1.29, 1.82) is 0 Å². The summed E-state index contributed by atoms with van der Waals surface area (Å²) in [7, 11) is 0. The molecule has 1 aliphatic rings. The number of piperazine rings is 1. The lowest BCUT2D eigenvalue weighted by Gasteiger charge is -2.34. The Morgan fingerprint density at radius 2 is 1.63 bits per heavy atom. The Labute approximate surface area is 183 Å². The van der Waals surface area contributed by atoms with Crippen LogP contribution in [0.15, 0.2) is 48.5 Å². The molecular formula is C23H29ClN4O2. The van der Waals surface area contributed by atoms with E-state index in [-0.39, 0.29) is 11.8 Å². The zero-order valence-electron chi connectivity index (χ0n) is 17.5. The van der Waals surface area contributed by atoms with Crippen LogP contribution in [-0.4, -0.2) is 60.4 Å². The maximum Gasteiger partial charge on any atom is 0.253 e. The Morgan fingerprint density at radius 3 is 2.27 bits per heavy atom. The third kappa shape index (κ3) is 6.05. The van der Waals surface area contributed by atoms with Gasteiger partial charge in [0.1, 0.15) is 6.04 Å². The molecule has 7 heteroatoms. The van der Waals surface area contributed by atoms with Crippen molar-refractivity contribution in [3.63, 3.8) is 0 Å². The molecule has 1 heterocycles. The van der Waals surface area contributed by atoms with Crippen molar-refractivity contribution in [3.05, 3.63) is 64.7 Å². The number of carbonyl (C=O) groups is 2. The Morgan fingerprint density at radius 1 is 1.00 bits per heavy atom. The van der Waals surface area contributed by atoms with Gasteiger partial charge in [-0.15, -0.1) is 0 Å². The number of likely N-dealkylation sites (N-methyl/N-ethyl adjacent to an activating group) is 1. The predicted octanol–water partition coefficient (Wildman–Crippen LogP) is 3.23. The maximum atomic E-state index is 12.5. The molecule has 0 aliphatic carbocycles. The average Bonchev–Trinajstić information content (AvgIpc) is 2.75. The van der Waals surface area contributed by atoms with Gasteiger partial charge < -0.3 is 15.5 Å². The highest BCUT2D eigenvalue weighted by Crippen LogP contribution is 2.16. The molecule has 0 spiro atoms. The van der Waals surface area contributed by atoms with Crippen molar-refractivity contribution in [2.45, 2.75) is 26.4 Å². The van der Waals surface area contributed by atoms with Crippen LogP contribution in [0.3, 0.4) is 0 Å². The van der Waals surface area contributed by atoms with E-state index in [1.54, 1.807) is 31.2 Å². The molecule has 2 aromatic rings. The van der Waals surface area contributed by atoms with Gasteiger partial charge in [-0.05, 0) is 43.3 Å². The quantitative estimate of drug-likeness (QED) is 0.710. The fraction of sp³-hybridized carbons (Fsp3) is 0.391. The molecular weight excluding hydrogens is 400 g/mol. The summed E-state index contributed by atoms with van der Waals surface area (Å²) in [5, 5.41) is 5.89. The maximum absolute atomic E-state index is 12.5. The largest absolute Gasteiger partial charge is 0.340 e. The van der Waals surface area contributed by atoms with Crippen LogP contribution in [0.5, 0.6) is 0 Å². The van der Waals surface area contributed by atoms with E-state index >= 15 is 0 Å². The second-order valence-corrected chi connectivity index (χ2v) is 7.98. The first-order chi connectivity index (χ1) is 14.5. The van der Waals surface area contributed by atoms with Crippen LogP contribution in [-0.2, 0) is 11.3 Å². The Balaban J connectivity index is 1.49. The Kier molecular flexibility index (Phi) is 7.85. The molecule has 6 nitrogen and oxygen atoms in total. The van der Waals surface area contributed by atoms with Crippen LogP contribution < -0.4 is 10.6 Å². The number of hydrogen-bond donors (Lipinski definition) is 2. The van der Waals surface area contributed by atoms with Crippen molar-refractivity contribution in [1.82, 2.24) is 15.1 Å². The smallest absolute Gasteiger partial charge is 0.253 e. The van der Waals surface area contributed by atoms with Crippen molar-refractivity contribution in [2.24, 2.45) is 0 Å². The number of nitrogens with one attached hydrogen (secondary N) is 2. The zero-order chi connectivity index (χ0) is 21.5. The van der Waals surface area contributed by atoms with Crippen molar-refractivity contribution < 1.29 is 9.59 Å². The highest BCUT2D eigenvalue weighted by molar-refractivity contribution is 6.33. The predicted molar refractivity (Wildman–Crippen MR) is 121 cm³/mol. The van der Waals surface area contributed by atoms with Gasteiger partial charge >= 0.3 is 0 Å². The number of amides is 2. The normalized spacial score (nSPS) is 16.1. The number of hydrogen-bond acceptors (Lipinski definition) is 4. The van der Waals surface area contributed by atoms with Crippen molar-refractivity contribution in [2.75, 3.05) is 38.0 Å². The van der Waals surface area contributed by atoms with Gasteiger partial charge in [0.15, 0.2) is 0 Å². The van der Waals surface area contributed by atoms with E-state index < -0.39 is 6.04 Å². The van der Waals surface area contributed by atoms with E-state index in [9.17, 15) is 9.59 Å². The lowest BCUT2D eigenvalue weighted by molar-refractivity contribution is -0.117. The van der Waals surface area contributed by atoms with Gasteiger partial charge in [-0.3, -0.25) is 14.5 Å². The molecule has 0 bridgehead atoms. The summed E-state index contributed by atoms with van der Waals surface area (Å²) in [5.74, 6) is -0.652. The molecule has 2 N–H and O–H groups in total. The molecule has 0 radical (unpaired) electrons. The summed E-state index contributed by atoms with van der Waals surface area (Å²) < 4.78 is 0. The minimum absolute atomic E-state index is 0.279. The minimum atomic E-state index is -0.691. The zero-order valence-corrected chi connectivity index (χ0v) is 18.3. The van der Waals surface area contributed by atoms with Crippen LogP contribution in [0.2, 0.25) is 5.02 Å². The van der Waals surface area contributed by atoms with Crippen LogP contribution in [0, 0.1) is 0 Å². The summed E-state index contributed by atoms with van der Waals surface area (Å²) >= 11 is 6.04. The molecule has 160 valence electrons. The molecule has 0 saturated carbocycles. The third-order valence-corrected chi connectivity index (χ3v) is 5.73. The van der Waals surface area contributed by atoms with Gasteiger partial charge in [-0.25, -0.2) is 0 Å². The third-order valence-electron chi connectivity index (χ3n) is 5.40. The van der Waals surface area contributed by atoms with Crippen molar-refractivity contribution >= 4 is 29.1 Å². The summed E-state index contributed by atoms with van der Waals surface area (Å²) in [5.41, 5.74) is 2.28. The molecule has 1 unspecified atom stereocenters. The Hall–Kier alpha value is -2.41. The van der Waals surface area contributed by atoms with Gasteiger partial charge in [0.25, 0.3) is 5.91 Å². The summed E-state index contributed by atoms with van der Waals surface area (Å²) in [6, 6.07) is 13.9. The van der Waals surface area contributed by atoms with Crippen LogP contribution >= 0.6 is 11.6 Å². The fourth-order valence-electron chi connectivity index (χ4n) is 3.45. The molecule has 0 aromatic heterocycles. The standard InChI is InChI=1S/C23H29ClN4O2/c1-3-27-12-14-28(15-13-27)16-18-8-10-19(11-9-18)26-22(29)17(2)25-23(30)20-6-4-5-7-21(20)24/h4-11,17H,3,12-16H2,1-2H3,(H,25,30)(H,26,29). The monoisotopic (exact) mass is 428 g/mol. The summed E-state index contributed by atoms with van der Waals surface area (Å²) in [6.45, 7) is 10.3. The van der Waals surface area contributed by atoms with Gasteiger partial charge in [-0.2, -0.15) is 0 Å². The summed E-state index contributed by atoms with van der Waals surface area (Å²) in [4.78, 5) is 29.7. The molecule has 3 rings (SSSR count). The van der Waals surface area contributed by atoms with E-state index in [0.29, 0.717) is 16.3 Å². The first-order valence-corrected chi connectivity index (χ1v) is 10.7. The SMILES string of the molecule is CCN1CCN(Cc2ccc(NC(=O)C(C)NC(=O)c3ccccc3Cl)cc2)CC1. The van der Waals surface area contributed by atoms with Gasteiger partial charge in [-0.1, -0.05) is 42.8 Å². The fourth-order valence-corrected chi connectivity index (χ4v) is 3.67. The molecule has 1 atom stereocenters. The van der Waals surface area contributed by atoms with E-state index in [1.807, 2.05) is 24.3 Å². The van der Waals surface area contributed by atoms with E-state index in [1.165, 1.54) is 5.56 Å². The number of carbonyl (C=O) groups excluding carboxylic acids is 2. The van der Waals surface area contributed by atoms with E-state index in [0.717, 1.165) is 39.3 Å². The second kappa shape index (κ2) is 10.6. The number of rotatable bonds is 7. The van der Waals surface area contributed by atoms with Gasteiger partial charge in [0.2, 0.25) is 5.91 Å². The molecule has 1 aliphatic heterocycles. The number of benzene rings is 2. The molecule has 1 saturated heterocycles. The lowest BCUT2D eigenvalue weighted by atomic mass is 10.1. The van der Waals surface area contributed by atoms with E-state index in [2.05, 4.69) is 27.4 Å². The van der Waals surface area contributed by atoms with E-state index in [4.69, 9.17) is 11.6 Å². The number of anilines is 1. The topological polar surface area (TPSA) is 64.7 Å². The molecule has 1 fully saturated rings. The van der Waals surface area contributed by atoms with Crippen LogP contribution in [0.1, 0.15) is 29.8 Å². The average molecular weight is 429 g/mol. The molecule has 2 aromatic carbocycles. The second-order valence-electron chi connectivity index (χ2n) is 7.57. The first kappa shape index (κ1) is 22.3. The van der Waals surface area contributed by atoms with Crippen LogP contribution in [0.4, 0.5) is 5.69 Å². The lowest BCUT2D eigenvalue weighted by Crippen LogP contribution is -2.45. The van der Waals surface area contributed by atoms with Gasteiger partial charge in [0, 0.05) is 38.4 Å². The van der Waals surface area contributed by atoms with Gasteiger partial charge in [0.05, 0.1) is 10.6 Å².